The number of carbonyl (C=O) groups excluding carboxylic acids is 1. The van der Waals surface area contributed by atoms with Gasteiger partial charge in [0.2, 0.25) is 15.9 Å². The molecular weight excluding hydrogens is 492 g/mol. The number of pyridine rings is 2. The van der Waals surface area contributed by atoms with Crippen molar-refractivity contribution >= 4 is 27.3 Å². The van der Waals surface area contributed by atoms with Gasteiger partial charge in [-0.1, -0.05) is 36.4 Å². The molecule has 11 nitrogen and oxygen atoms in total. The predicted octanol–water partition coefficient (Wildman–Crippen LogP) is 2.23. The Bertz CT molecular complexity index is 1670. The van der Waals surface area contributed by atoms with Gasteiger partial charge in [0, 0.05) is 35.9 Å². The molecule has 37 heavy (non-hydrogen) atoms. The summed E-state index contributed by atoms with van der Waals surface area (Å²) in [6.45, 7) is -0.113. The number of primary amides is 1. The second-order valence-electron chi connectivity index (χ2n) is 8.05. The van der Waals surface area contributed by atoms with E-state index < -0.39 is 22.5 Å². The van der Waals surface area contributed by atoms with Gasteiger partial charge in [0.05, 0.1) is 18.8 Å². The lowest BCUT2D eigenvalue weighted by atomic mass is 10.1. The van der Waals surface area contributed by atoms with Gasteiger partial charge in [0.1, 0.15) is 10.4 Å². The second kappa shape index (κ2) is 10.1. The van der Waals surface area contributed by atoms with Crippen LogP contribution in [0.3, 0.4) is 0 Å². The second-order valence-corrected chi connectivity index (χ2v) is 9.81. The summed E-state index contributed by atoms with van der Waals surface area (Å²) >= 11 is 0. The Morgan fingerprint density at radius 3 is 2.57 bits per heavy atom. The number of nitrogens with two attached hydrogens (primary N) is 1. The molecule has 1 aromatic carbocycles. The quantitative estimate of drug-likeness (QED) is 0.270. The topological polar surface area (TPSA) is 157 Å². The van der Waals surface area contributed by atoms with Crippen molar-refractivity contribution in [1.82, 2.24) is 29.3 Å². The van der Waals surface area contributed by atoms with Gasteiger partial charge in [0.25, 0.3) is 0 Å². The van der Waals surface area contributed by atoms with Gasteiger partial charge in [-0.05, 0) is 29.8 Å². The summed E-state index contributed by atoms with van der Waals surface area (Å²) in [5.41, 5.74) is 8.95. The SMILES string of the molecule is NC(=O)CNS(=O)(=O)c1cncc(-c2nc(NCc3ccccn3)c3c(-c4ccccc4)ccn3n2)c1. The molecule has 5 aromatic rings. The number of nitrogens with zero attached hydrogens (tertiary/aromatic N) is 5. The monoisotopic (exact) mass is 514 g/mol. The van der Waals surface area contributed by atoms with Crippen molar-refractivity contribution in [3.63, 3.8) is 0 Å². The maximum absolute atomic E-state index is 12.6. The Balaban J connectivity index is 1.59. The summed E-state index contributed by atoms with van der Waals surface area (Å²) in [7, 11) is -4.02. The van der Waals surface area contributed by atoms with E-state index in [1.165, 1.54) is 18.5 Å². The molecule has 4 aromatic heterocycles. The van der Waals surface area contributed by atoms with Crippen LogP contribution >= 0.6 is 0 Å². The molecule has 4 heterocycles. The van der Waals surface area contributed by atoms with Crippen LogP contribution < -0.4 is 15.8 Å². The van der Waals surface area contributed by atoms with Crippen molar-refractivity contribution in [2.75, 3.05) is 11.9 Å². The fourth-order valence-corrected chi connectivity index (χ4v) is 4.72. The summed E-state index contributed by atoms with van der Waals surface area (Å²) in [5.74, 6) is -0.00257. The molecule has 0 aliphatic carbocycles. The Morgan fingerprint density at radius 2 is 1.81 bits per heavy atom. The number of nitrogens with one attached hydrogen (secondary N) is 2. The molecule has 0 atom stereocenters. The predicted molar refractivity (Wildman–Crippen MR) is 138 cm³/mol. The van der Waals surface area contributed by atoms with Gasteiger partial charge < -0.3 is 11.1 Å². The molecule has 12 heteroatoms. The first-order valence-electron chi connectivity index (χ1n) is 11.2. The molecule has 0 unspecified atom stereocenters. The largest absolute Gasteiger partial charge is 0.369 e. The Morgan fingerprint density at radius 1 is 1.00 bits per heavy atom. The molecule has 186 valence electrons. The van der Waals surface area contributed by atoms with Crippen LogP contribution in [0.5, 0.6) is 0 Å². The molecule has 0 bridgehead atoms. The van der Waals surface area contributed by atoms with E-state index in [0.29, 0.717) is 17.9 Å². The highest BCUT2D eigenvalue weighted by molar-refractivity contribution is 7.89. The molecule has 0 spiro atoms. The smallest absolute Gasteiger partial charge is 0.242 e. The van der Waals surface area contributed by atoms with E-state index >= 15 is 0 Å². The minimum absolute atomic E-state index is 0.143. The molecule has 0 aliphatic rings. The number of aromatic nitrogens is 5. The van der Waals surface area contributed by atoms with E-state index in [2.05, 4.69) is 25.1 Å². The van der Waals surface area contributed by atoms with Crippen molar-refractivity contribution in [2.45, 2.75) is 11.4 Å². The van der Waals surface area contributed by atoms with Crippen molar-refractivity contribution in [3.8, 4) is 22.5 Å². The van der Waals surface area contributed by atoms with E-state index in [0.717, 1.165) is 22.3 Å². The molecule has 0 aliphatic heterocycles. The van der Waals surface area contributed by atoms with Crippen molar-refractivity contribution in [3.05, 3.63) is 91.1 Å². The first-order valence-corrected chi connectivity index (χ1v) is 12.7. The summed E-state index contributed by atoms with van der Waals surface area (Å²) in [5, 5.41) is 7.98. The first-order chi connectivity index (χ1) is 17.9. The van der Waals surface area contributed by atoms with E-state index in [1.807, 2.05) is 60.8 Å². The maximum atomic E-state index is 12.6. The zero-order valence-electron chi connectivity index (χ0n) is 19.4. The number of amides is 1. The molecule has 0 saturated carbocycles. The van der Waals surface area contributed by atoms with Crippen LogP contribution in [-0.2, 0) is 21.4 Å². The van der Waals surface area contributed by atoms with Crippen molar-refractivity contribution < 1.29 is 13.2 Å². The number of carbonyl (C=O) groups is 1. The number of hydrogen-bond donors (Lipinski definition) is 3. The number of hydrogen-bond acceptors (Lipinski definition) is 8. The molecule has 4 N–H and O–H groups in total. The van der Waals surface area contributed by atoms with Crippen molar-refractivity contribution in [1.29, 1.82) is 0 Å². The Labute approximate surface area is 212 Å². The van der Waals surface area contributed by atoms with Crippen LogP contribution in [0, 0.1) is 0 Å². The van der Waals surface area contributed by atoms with Gasteiger partial charge in [0.15, 0.2) is 11.6 Å². The highest BCUT2D eigenvalue weighted by Crippen LogP contribution is 2.31. The summed E-state index contributed by atoms with van der Waals surface area (Å²) in [6.07, 6.45) is 6.18. The molecule has 0 radical (unpaired) electrons. The lowest BCUT2D eigenvalue weighted by Gasteiger charge is -2.12. The van der Waals surface area contributed by atoms with Gasteiger partial charge in [-0.15, -0.1) is 5.10 Å². The number of anilines is 1. The van der Waals surface area contributed by atoms with Crippen molar-refractivity contribution in [2.24, 2.45) is 5.73 Å². The third-order valence-corrected chi connectivity index (χ3v) is 6.85. The van der Waals surface area contributed by atoms with E-state index in [4.69, 9.17) is 10.7 Å². The summed E-state index contributed by atoms with van der Waals surface area (Å²) in [6, 6.07) is 18.9. The Hall–Kier alpha value is -4.68. The molecule has 1 amide bonds. The van der Waals surface area contributed by atoms with Gasteiger partial charge in [-0.2, -0.15) is 0 Å². The highest BCUT2D eigenvalue weighted by Gasteiger charge is 2.19. The lowest BCUT2D eigenvalue weighted by Crippen LogP contribution is -2.33. The van der Waals surface area contributed by atoms with Crippen LogP contribution in [0.1, 0.15) is 5.69 Å². The normalized spacial score (nSPS) is 11.5. The first kappa shape index (κ1) is 24.0. The number of rotatable bonds is 9. The van der Waals surface area contributed by atoms with Crippen LogP contribution in [0.25, 0.3) is 28.0 Å². The van der Waals surface area contributed by atoms with E-state index in [1.54, 1.807) is 10.7 Å². The zero-order valence-corrected chi connectivity index (χ0v) is 20.3. The molecule has 0 saturated heterocycles. The summed E-state index contributed by atoms with van der Waals surface area (Å²) < 4.78 is 29.0. The zero-order chi connectivity index (χ0) is 25.8. The fourth-order valence-electron chi connectivity index (χ4n) is 3.74. The third-order valence-electron chi connectivity index (χ3n) is 5.48. The fraction of sp³-hybridized carbons (Fsp3) is 0.0800. The minimum atomic E-state index is -4.02. The Kier molecular flexibility index (Phi) is 6.58. The van der Waals surface area contributed by atoms with Crippen LogP contribution in [-0.4, -0.2) is 45.4 Å². The van der Waals surface area contributed by atoms with Gasteiger partial charge >= 0.3 is 0 Å². The van der Waals surface area contributed by atoms with Crippen LogP contribution in [0.2, 0.25) is 0 Å². The highest BCUT2D eigenvalue weighted by atomic mass is 32.2. The number of sulfonamides is 1. The average Bonchev–Trinajstić information content (AvgIpc) is 3.36. The standard InChI is InChI=1S/C25H22N8O3S/c26-22(34)16-30-37(35,36)20-12-18(13-27-15-20)24-31-25(29-14-19-8-4-5-10-28-19)23-21(9-11-33(23)32-24)17-6-2-1-3-7-17/h1-13,15,30H,14,16H2,(H2,26,34)(H,29,31,32). The number of benzene rings is 1. The number of fused-ring (bicyclic) bond motifs is 1. The van der Waals surface area contributed by atoms with E-state index in [9.17, 15) is 13.2 Å². The van der Waals surface area contributed by atoms with Crippen LogP contribution in [0.15, 0.2) is 90.3 Å². The summed E-state index contributed by atoms with van der Waals surface area (Å²) in [4.78, 5) is 24.1. The average molecular weight is 515 g/mol. The van der Waals surface area contributed by atoms with Gasteiger partial charge in [-0.3, -0.25) is 14.8 Å². The minimum Gasteiger partial charge on any atom is -0.369 e. The van der Waals surface area contributed by atoms with Gasteiger partial charge in [-0.25, -0.2) is 22.6 Å². The third kappa shape index (κ3) is 5.29. The maximum Gasteiger partial charge on any atom is 0.242 e. The molecular formula is C25H22N8O3S. The van der Waals surface area contributed by atoms with Crippen LogP contribution in [0.4, 0.5) is 5.82 Å². The van der Waals surface area contributed by atoms with E-state index in [-0.39, 0.29) is 10.7 Å². The molecule has 5 rings (SSSR count). The molecule has 0 fully saturated rings. The lowest BCUT2D eigenvalue weighted by molar-refractivity contribution is -0.116.